The van der Waals surface area contributed by atoms with Gasteiger partial charge in [-0.3, -0.25) is 4.79 Å². The lowest BCUT2D eigenvalue weighted by Crippen LogP contribution is -2.25. The smallest absolute Gasteiger partial charge is 0.251 e. The van der Waals surface area contributed by atoms with Crippen molar-refractivity contribution in [1.82, 2.24) is 5.32 Å². The standard InChI is InChI=1S/C28H27NO4/c1-31-24-13-10-20(11-14-24)16-17-29-28(30)22-12-15-26(32-2)23(18-22)19-33-27-9-5-7-21-6-3-4-8-25(21)27/h3-15,18H,16-17,19H2,1-2H3,(H,29,30). The van der Waals surface area contributed by atoms with Crippen LogP contribution in [0.4, 0.5) is 0 Å². The highest BCUT2D eigenvalue weighted by Gasteiger charge is 2.12. The normalized spacial score (nSPS) is 10.6. The highest BCUT2D eigenvalue weighted by atomic mass is 16.5. The topological polar surface area (TPSA) is 56.8 Å². The van der Waals surface area contributed by atoms with Crippen molar-refractivity contribution < 1.29 is 19.0 Å². The lowest BCUT2D eigenvalue weighted by molar-refractivity contribution is 0.0954. The molecule has 4 aromatic carbocycles. The molecule has 5 heteroatoms. The summed E-state index contributed by atoms with van der Waals surface area (Å²) in [5, 5.41) is 5.15. The number of carbonyl (C=O) groups excluding carboxylic acids is 1. The van der Waals surface area contributed by atoms with Crippen LogP contribution in [0.3, 0.4) is 0 Å². The van der Waals surface area contributed by atoms with E-state index in [4.69, 9.17) is 14.2 Å². The van der Waals surface area contributed by atoms with Gasteiger partial charge in [0.05, 0.1) is 14.2 Å². The van der Waals surface area contributed by atoms with Gasteiger partial charge in [-0.25, -0.2) is 0 Å². The molecule has 4 aromatic rings. The third-order valence-corrected chi connectivity index (χ3v) is 5.53. The summed E-state index contributed by atoms with van der Waals surface area (Å²) in [6, 6.07) is 27.3. The van der Waals surface area contributed by atoms with E-state index in [1.807, 2.05) is 60.7 Å². The number of rotatable bonds is 9. The van der Waals surface area contributed by atoms with Crippen LogP contribution < -0.4 is 19.5 Å². The molecule has 0 aromatic heterocycles. The second kappa shape index (κ2) is 10.6. The third kappa shape index (κ3) is 5.44. The number of amides is 1. The molecule has 0 heterocycles. The molecule has 0 bridgehead atoms. The first-order valence-corrected chi connectivity index (χ1v) is 10.9. The van der Waals surface area contributed by atoms with Crippen LogP contribution in [0.1, 0.15) is 21.5 Å². The lowest BCUT2D eigenvalue weighted by atomic mass is 10.1. The van der Waals surface area contributed by atoms with Gasteiger partial charge >= 0.3 is 0 Å². The van der Waals surface area contributed by atoms with Gasteiger partial charge in [0.15, 0.2) is 0 Å². The van der Waals surface area contributed by atoms with E-state index in [1.165, 1.54) is 0 Å². The molecule has 0 unspecified atom stereocenters. The fourth-order valence-electron chi connectivity index (χ4n) is 3.72. The van der Waals surface area contributed by atoms with Gasteiger partial charge < -0.3 is 19.5 Å². The fourth-order valence-corrected chi connectivity index (χ4v) is 3.72. The Morgan fingerprint density at radius 1 is 0.818 bits per heavy atom. The first-order chi connectivity index (χ1) is 16.2. The maximum atomic E-state index is 12.7. The number of ether oxygens (including phenoxy) is 3. The van der Waals surface area contributed by atoms with Crippen LogP contribution in [0.5, 0.6) is 17.2 Å². The van der Waals surface area contributed by atoms with E-state index in [0.29, 0.717) is 24.5 Å². The molecule has 4 rings (SSSR count). The van der Waals surface area contributed by atoms with Crippen molar-refractivity contribution in [3.05, 3.63) is 102 Å². The zero-order valence-electron chi connectivity index (χ0n) is 18.8. The van der Waals surface area contributed by atoms with Crippen molar-refractivity contribution >= 4 is 16.7 Å². The van der Waals surface area contributed by atoms with Crippen molar-refractivity contribution in [1.29, 1.82) is 0 Å². The van der Waals surface area contributed by atoms with E-state index in [1.54, 1.807) is 26.4 Å². The summed E-state index contributed by atoms with van der Waals surface area (Å²) >= 11 is 0. The third-order valence-electron chi connectivity index (χ3n) is 5.53. The van der Waals surface area contributed by atoms with Gasteiger partial charge in [0.25, 0.3) is 5.91 Å². The Morgan fingerprint density at radius 3 is 2.39 bits per heavy atom. The number of methoxy groups -OCH3 is 2. The quantitative estimate of drug-likeness (QED) is 0.377. The van der Waals surface area contributed by atoms with Crippen molar-refractivity contribution in [2.24, 2.45) is 0 Å². The molecule has 0 radical (unpaired) electrons. The molecule has 0 saturated heterocycles. The molecule has 5 nitrogen and oxygen atoms in total. The molecule has 0 spiro atoms. The molecule has 0 aliphatic rings. The molecule has 0 fully saturated rings. The Labute approximate surface area is 193 Å². The Morgan fingerprint density at radius 2 is 1.61 bits per heavy atom. The number of hydrogen-bond donors (Lipinski definition) is 1. The molecule has 168 valence electrons. The first kappa shape index (κ1) is 22.2. The summed E-state index contributed by atoms with van der Waals surface area (Å²) in [4.78, 5) is 12.7. The molecule has 0 atom stereocenters. The SMILES string of the molecule is COc1ccc(CCNC(=O)c2ccc(OC)c(COc3cccc4ccccc34)c2)cc1. The average molecular weight is 442 g/mol. The molecule has 0 aliphatic carbocycles. The second-order valence-corrected chi connectivity index (χ2v) is 7.65. The summed E-state index contributed by atoms with van der Waals surface area (Å²) in [6.07, 6.45) is 0.739. The number of benzene rings is 4. The minimum Gasteiger partial charge on any atom is -0.497 e. The van der Waals surface area contributed by atoms with Crippen LogP contribution in [-0.2, 0) is 13.0 Å². The lowest BCUT2D eigenvalue weighted by Gasteiger charge is -2.14. The van der Waals surface area contributed by atoms with E-state index in [9.17, 15) is 4.79 Å². The van der Waals surface area contributed by atoms with Gasteiger partial charge in [-0.05, 0) is 53.8 Å². The van der Waals surface area contributed by atoms with Crippen molar-refractivity contribution in [2.75, 3.05) is 20.8 Å². The van der Waals surface area contributed by atoms with Crippen LogP contribution >= 0.6 is 0 Å². The van der Waals surface area contributed by atoms with Crippen LogP contribution in [-0.4, -0.2) is 26.7 Å². The van der Waals surface area contributed by atoms with Crippen LogP contribution in [0, 0.1) is 0 Å². The van der Waals surface area contributed by atoms with Crippen LogP contribution in [0.25, 0.3) is 10.8 Å². The molecular weight excluding hydrogens is 414 g/mol. The zero-order valence-corrected chi connectivity index (χ0v) is 18.8. The van der Waals surface area contributed by atoms with Crippen molar-refractivity contribution in [2.45, 2.75) is 13.0 Å². The summed E-state index contributed by atoms with van der Waals surface area (Å²) in [6.45, 7) is 0.836. The number of nitrogens with one attached hydrogen (secondary N) is 1. The van der Waals surface area contributed by atoms with E-state index in [0.717, 1.165) is 39.8 Å². The van der Waals surface area contributed by atoms with Gasteiger partial charge in [0.1, 0.15) is 23.9 Å². The van der Waals surface area contributed by atoms with Gasteiger partial charge in [-0.15, -0.1) is 0 Å². The number of fused-ring (bicyclic) bond motifs is 1. The predicted octanol–water partition coefficient (Wildman–Crippen LogP) is 5.41. The summed E-state index contributed by atoms with van der Waals surface area (Å²) in [5.41, 5.74) is 2.52. The predicted molar refractivity (Wildman–Crippen MR) is 130 cm³/mol. The highest BCUT2D eigenvalue weighted by Crippen LogP contribution is 2.28. The summed E-state index contributed by atoms with van der Waals surface area (Å²) in [5.74, 6) is 2.17. The monoisotopic (exact) mass is 441 g/mol. The zero-order chi connectivity index (χ0) is 23.0. The minimum absolute atomic E-state index is 0.127. The van der Waals surface area contributed by atoms with Gasteiger partial charge in [0, 0.05) is 23.1 Å². The van der Waals surface area contributed by atoms with E-state index >= 15 is 0 Å². The highest BCUT2D eigenvalue weighted by molar-refractivity contribution is 5.94. The minimum atomic E-state index is -0.127. The molecule has 1 amide bonds. The summed E-state index contributed by atoms with van der Waals surface area (Å²) < 4.78 is 16.8. The molecule has 1 N–H and O–H groups in total. The molecule has 0 saturated carbocycles. The largest absolute Gasteiger partial charge is 0.497 e. The molecule has 33 heavy (non-hydrogen) atoms. The van der Waals surface area contributed by atoms with Gasteiger partial charge in [0.2, 0.25) is 0 Å². The molecule has 0 aliphatic heterocycles. The average Bonchev–Trinajstić information content (AvgIpc) is 2.87. The number of hydrogen-bond acceptors (Lipinski definition) is 4. The number of carbonyl (C=O) groups is 1. The van der Waals surface area contributed by atoms with Gasteiger partial charge in [-0.1, -0.05) is 48.5 Å². The van der Waals surface area contributed by atoms with Crippen molar-refractivity contribution in [3.63, 3.8) is 0 Å². The van der Waals surface area contributed by atoms with Crippen LogP contribution in [0.15, 0.2) is 84.9 Å². The van der Waals surface area contributed by atoms with E-state index < -0.39 is 0 Å². The van der Waals surface area contributed by atoms with Crippen molar-refractivity contribution in [3.8, 4) is 17.2 Å². The molecular formula is C28H27NO4. The Hall–Kier alpha value is -3.99. The van der Waals surface area contributed by atoms with Gasteiger partial charge in [-0.2, -0.15) is 0 Å². The van der Waals surface area contributed by atoms with Crippen LogP contribution in [0.2, 0.25) is 0 Å². The summed E-state index contributed by atoms with van der Waals surface area (Å²) in [7, 11) is 3.26. The Bertz CT molecular complexity index is 1230. The second-order valence-electron chi connectivity index (χ2n) is 7.65. The fraction of sp³-hybridized carbons (Fsp3) is 0.179. The maximum Gasteiger partial charge on any atom is 0.251 e. The maximum absolute atomic E-state index is 12.7. The Balaban J connectivity index is 1.41. The Kier molecular flexibility index (Phi) is 7.10. The van der Waals surface area contributed by atoms with E-state index in [-0.39, 0.29) is 5.91 Å². The van der Waals surface area contributed by atoms with E-state index in [2.05, 4.69) is 17.4 Å². The first-order valence-electron chi connectivity index (χ1n) is 10.9.